The van der Waals surface area contributed by atoms with Gasteiger partial charge in [0.1, 0.15) is 23.4 Å². The Labute approximate surface area is 210 Å². The lowest BCUT2D eigenvalue weighted by Crippen LogP contribution is -2.59. The molecule has 0 saturated carbocycles. The van der Waals surface area contributed by atoms with Gasteiger partial charge in [0.2, 0.25) is 11.8 Å². The maximum absolute atomic E-state index is 14.2. The molecular formula is C27H45N3O5. The van der Waals surface area contributed by atoms with Crippen LogP contribution in [0.4, 0.5) is 4.79 Å². The highest BCUT2D eigenvalue weighted by atomic mass is 16.6. The number of carbonyl (C=O) groups excluding carboxylic acids is 3. The molecule has 198 valence electrons. The lowest BCUT2D eigenvalue weighted by Gasteiger charge is -2.45. The second-order valence-electron chi connectivity index (χ2n) is 11.3. The van der Waals surface area contributed by atoms with Crippen LogP contribution in [-0.2, 0) is 14.3 Å². The van der Waals surface area contributed by atoms with Crippen LogP contribution in [0.25, 0.3) is 0 Å². The van der Waals surface area contributed by atoms with Gasteiger partial charge in [-0.05, 0) is 73.3 Å². The number of amides is 3. The maximum Gasteiger partial charge on any atom is 0.408 e. The number of nitrogens with one attached hydrogen (secondary N) is 2. The topological polar surface area (TPSA) is 108 Å². The van der Waals surface area contributed by atoms with Crippen LogP contribution in [0.3, 0.4) is 0 Å². The minimum absolute atomic E-state index is 0.0818. The third-order valence-corrected chi connectivity index (χ3v) is 5.62. The first kappa shape index (κ1) is 30.3. The van der Waals surface area contributed by atoms with Gasteiger partial charge in [0, 0.05) is 17.1 Å². The minimum Gasteiger partial charge on any atom is -0.508 e. The number of aromatic hydroxyl groups is 1. The second-order valence-corrected chi connectivity index (χ2v) is 11.3. The molecule has 0 fully saturated rings. The van der Waals surface area contributed by atoms with Crippen LogP contribution in [-0.4, -0.2) is 51.1 Å². The van der Waals surface area contributed by atoms with E-state index in [0.717, 1.165) is 0 Å². The van der Waals surface area contributed by atoms with Gasteiger partial charge >= 0.3 is 6.09 Å². The number of ether oxygens (including phenoxy) is 1. The number of para-hydroxylation sites is 1. The van der Waals surface area contributed by atoms with Gasteiger partial charge in [-0.3, -0.25) is 9.59 Å². The van der Waals surface area contributed by atoms with Crippen LogP contribution in [0.1, 0.15) is 93.7 Å². The Hall–Kier alpha value is -2.77. The summed E-state index contributed by atoms with van der Waals surface area (Å²) >= 11 is 0. The first-order valence-corrected chi connectivity index (χ1v) is 12.4. The fourth-order valence-corrected chi connectivity index (χ4v) is 3.74. The van der Waals surface area contributed by atoms with E-state index in [1.807, 2.05) is 48.5 Å². The van der Waals surface area contributed by atoms with Crippen LogP contribution in [0.5, 0.6) is 5.75 Å². The van der Waals surface area contributed by atoms with Gasteiger partial charge in [-0.2, -0.15) is 0 Å². The Balaban J connectivity index is 3.65. The highest BCUT2D eigenvalue weighted by Gasteiger charge is 2.44. The van der Waals surface area contributed by atoms with Crippen molar-refractivity contribution in [3.8, 4) is 5.75 Å². The van der Waals surface area contributed by atoms with Gasteiger partial charge in [0.05, 0.1) is 0 Å². The number of hydrogen-bond acceptors (Lipinski definition) is 5. The van der Waals surface area contributed by atoms with Gasteiger partial charge in [-0.15, -0.1) is 0 Å². The van der Waals surface area contributed by atoms with Crippen LogP contribution in [0.2, 0.25) is 0 Å². The van der Waals surface area contributed by atoms with Crippen molar-refractivity contribution in [3.05, 3.63) is 29.8 Å². The Morgan fingerprint density at radius 3 is 2.03 bits per heavy atom. The fraction of sp³-hybridized carbons (Fsp3) is 0.667. The Morgan fingerprint density at radius 2 is 1.57 bits per heavy atom. The van der Waals surface area contributed by atoms with Crippen molar-refractivity contribution in [1.29, 1.82) is 0 Å². The van der Waals surface area contributed by atoms with Crippen molar-refractivity contribution in [3.63, 3.8) is 0 Å². The molecule has 35 heavy (non-hydrogen) atoms. The van der Waals surface area contributed by atoms with Crippen molar-refractivity contribution in [2.24, 2.45) is 5.92 Å². The Morgan fingerprint density at radius 1 is 1.00 bits per heavy atom. The molecule has 1 aromatic carbocycles. The quantitative estimate of drug-likeness (QED) is 0.431. The second kappa shape index (κ2) is 12.3. The molecule has 2 unspecified atom stereocenters. The highest BCUT2D eigenvalue weighted by molar-refractivity contribution is 5.93. The molecule has 0 aliphatic carbocycles. The Bertz CT molecular complexity index is 874. The molecule has 8 heteroatoms. The third kappa shape index (κ3) is 9.07. The lowest BCUT2D eigenvalue weighted by molar-refractivity contribution is -0.150. The number of carbonyl (C=O) groups is 3. The van der Waals surface area contributed by atoms with Crippen molar-refractivity contribution in [2.75, 3.05) is 0 Å². The zero-order chi connectivity index (χ0) is 27.1. The SMILES string of the molecule is CCC(C)(C)N(C(=O)C(CC(C)C)NC(=O)OC(C)(C)C)C(C(=O)NC(C)C)c1ccccc1O. The van der Waals surface area contributed by atoms with Gasteiger partial charge in [0.15, 0.2) is 0 Å². The summed E-state index contributed by atoms with van der Waals surface area (Å²) in [5, 5.41) is 16.3. The summed E-state index contributed by atoms with van der Waals surface area (Å²) in [5.41, 5.74) is -1.18. The third-order valence-electron chi connectivity index (χ3n) is 5.62. The normalized spacial score (nSPS) is 13.8. The predicted molar refractivity (Wildman–Crippen MR) is 138 cm³/mol. The maximum atomic E-state index is 14.2. The minimum atomic E-state index is -1.10. The summed E-state index contributed by atoms with van der Waals surface area (Å²) in [7, 11) is 0. The lowest BCUT2D eigenvalue weighted by atomic mass is 9.90. The van der Waals surface area contributed by atoms with Gasteiger partial charge < -0.3 is 25.4 Å². The van der Waals surface area contributed by atoms with E-state index in [0.29, 0.717) is 18.4 Å². The van der Waals surface area contributed by atoms with Crippen LogP contribution >= 0.6 is 0 Å². The van der Waals surface area contributed by atoms with E-state index >= 15 is 0 Å². The van der Waals surface area contributed by atoms with E-state index in [1.165, 1.54) is 11.0 Å². The molecule has 2 atom stereocenters. The van der Waals surface area contributed by atoms with Gasteiger partial charge in [-0.1, -0.05) is 39.0 Å². The first-order valence-electron chi connectivity index (χ1n) is 12.4. The molecule has 0 saturated heterocycles. The molecule has 0 aliphatic rings. The molecule has 1 aromatic rings. The fourth-order valence-electron chi connectivity index (χ4n) is 3.74. The number of phenols is 1. The number of benzene rings is 1. The molecule has 1 rings (SSSR count). The van der Waals surface area contributed by atoms with Gasteiger partial charge in [0.25, 0.3) is 0 Å². The van der Waals surface area contributed by atoms with Crippen molar-refractivity contribution >= 4 is 17.9 Å². The van der Waals surface area contributed by atoms with E-state index < -0.39 is 41.1 Å². The molecule has 0 spiro atoms. The van der Waals surface area contributed by atoms with Crippen LogP contribution in [0, 0.1) is 5.92 Å². The predicted octanol–water partition coefficient (Wildman–Crippen LogP) is 4.91. The van der Waals surface area contributed by atoms with E-state index in [1.54, 1.807) is 39.0 Å². The Kier molecular flexibility index (Phi) is 10.6. The monoisotopic (exact) mass is 491 g/mol. The van der Waals surface area contributed by atoms with E-state index in [-0.39, 0.29) is 17.7 Å². The molecule has 8 nitrogen and oxygen atoms in total. The summed E-state index contributed by atoms with van der Waals surface area (Å²) in [4.78, 5) is 41.9. The number of phenolic OH excluding ortho intramolecular Hbond substituents is 1. The standard InChI is InChI=1S/C27H45N3O5/c1-11-27(9,10)30(22(23(32)28-18(4)5)19-14-12-13-15-21(19)31)24(33)20(16-17(2)3)29-25(34)35-26(6,7)8/h12-15,17-18,20,22,31H,11,16H2,1-10H3,(H,28,32)(H,29,34). The van der Waals surface area contributed by atoms with Crippen molar-refractivity contribution in [1.82, 2.24) is 15.5 Å². The summed E-state index contributed by atoms with van der Waals surface area (Å²) in [6.07, 6.45) is 0.197. The zero-order valence-electron chi connectivity index (χ0n) is 23.1. The molecule has 0 bridgehead atoms. The summed E-state index contributed by atoms with van der Waals surface area (Å²) in [6, 6.07) is 4.33. The largest absolute Gasteiger partial charge is 0.508 e. The molecular weight excluding hydrogens is 446 g/mol. The molecule has 0 radical (unpaired) electrons. The number of hydrogen-bond donors (Lipinski definition) is 3. The number of alkyl carbamates (subject to hydrolysis) is 1. The first-order chi connectivity index (χ1) is 16.0. The van der Waals surface area contributed by atoms with Gasteiger partial charge in [-0.25, -0.2) is 4.79 Å². The molecule has 0 aromatic heterocycles. The average molecular weight is 492 g/mol. The number of rotatable bonds is 10. The smallest absolute Gasteiger partial charge is 0.408 e. The highest BCUT2D eigenvalue weighted by Crippen LogP contribution is 2.36. The molecule has 3 N–H and O–H groups in total. The van der Waals surface area contributed by atoms with Crippen molar-refractivity contribution in [2.45, 2.75) is 111 Å². The molecule has 3 amide bonds. The van der Waals surface area contributed by atoms with E-state index in [9.17, 15) is 19.5 Å². The summed E-state index contributed by atoms with van der Waals surface area (Å²) in [5.74, 6) is -0.819. The molecule has 0 heterocycles. The average Bonchev–Trinajstić information content (AvgIpc) is 2.69. The van der Waals surface area contributed by atoms with Crippen molar-refractivity contribution < 1.29 is 24.2 Å². The summed E-state index contributed by atoms with van der Waals surface area (Å²) < 4.78 is 5.42. The van der Waals surface area contributed by atoms with Crippen LogP contribution < -0.4 is 10.6 Å². The summed E-state index contributed by atoms with van der Waals surface area (Å²) in [6.45, 7) is 18.5. The number of nitrogens with zero attached hydrogens (tertiary/aromatic N) is 1. The van der Waals surface area contributed by atoms with E-state index in [4.69, 9.17) is 4.74 Å². The zero-order valence-corrected chi connectivity index (χ0v) is 23.1. The van der Waals surface area contributed by atoms with Crippen LogP contribution in [0.15, 0.2) is 24.3 Å². The van der Waals surface area contributed by atoms with E-state index in [2.05, 4.69) is 10.6 Å². The molecule has 0 aliphatic heterocycles.